The molecule has 280 valence electrons. The van der Waals surface area contributed by atoms with Crippen molar-refractivity contribution in [2.75, 3.05) is 4.90 Å². The number of ether oxygens (including phenoxy) is 1. The largest absolute Gasteiger partial charge is 0.457 e. The molecule has 13 rings (SSSR count). The molecule has 1 aliphatic carbocycles. The van der Waals surface area contributed by atoms with Gasteiger partial charge in [-0.15, -0.1) is 0 Å². The van der Waals surface area contributed by atoms with Crippen LogP contribution in [0.25, 0.3) is 65.7 Å². The lowest BCUT2D eigenvalue weighted by molar-refractivity contribution is 0.436. The van der Waals surface area contributed by atoms with Crippen LogP contribution < -0.4 is 9.64 Å². The number of rotatable bonds is 4. The maximum absolute atomic E-state index is 6.59. The summed E-state index contributed by atoms with van der Waals surface area (Å²) in [6.45, 7) is 0. The fourth-order valence-electron chi connectivity index (χ4n) is 10.4. The molecule has 0 amide bonds. The van der Waals surface area contributed by atoms with Crippen LogP contribution >= 0.6 is 0 Å². The van der Waals surface area contributed by atoms with Gasteiger partial charge in [0.25, 0.3) is 0 Å². The summed E-state index contributed by atoms with van der Waals surface area (Å²) >= 11 is 0. The van der Waals surface area contributed by atoms with E-state index in [1.54, 1.807) is 0 Å². The number of anilines is 3. The fraction of sp³-hybridized carbons (Fsp3) is 0.0175. The minimum Gasteiger partial charge on any atom is -0.457 e. The predicted molar refractivity (Wildman–Crippen MR) is 246 cm³/mol. The Balaban J connectivity index is 0.998. The normalized spacial score (nSPS) is 13.3. The molecule has 2 heterocycles. The first-order valence-corrected chi connectivity index (χ1v) is 20.6. The summed E-state index contributed by atoms with van der Waals surface area (Å²) < 4.78 is 13.2. The molecule has 1 spiro atoms. The summed E-state index contributed by atoms with van der Waals surface area (Å²) in [5.41, 5.74) is 14.3. The van der Waals surface area contributed by atoms with E-state index in [0.29, 0.717) is 0 Å². The van der Waals surface area contributed by atoms with Crippen molar-refractivity contribution in [2.45, 2.75) is 5.41 Å². The number of hydrogen-bond acceptors (Lipinski definition) is 3. The van der Waals surface area contributed by atoms with Gasteiger partial charge in [-0.05, 0) is 98.8 Å². The maximum Gasteiger partial charge on any atom is 0.143 e. The fourth-order valence-corrected chi connectivity index (χ4v) is 10.4. The third-order valence-electron chi connectivity index (χ3n) is 12.9. The molecule has 0 saturated heterocycles. The van der Waals surface area contributed by atoms with E-state index in [0.717, 1.165) is 61.4 Å². The van der Waals surface area contributed by atoms with Gasteiger partial charge in [0, 0.05) is 44.0 Å². The molecule has 11 aromatic rings. The Morgan fingerprint density at radius 3 is 1.78 bits per heavy atom. The number of fused-ring (bicyclic) bond motifs is 15. The van der Waals surface area contributed by atoms with Crippen molar-refractivity contribution in [1.82, 2.24) is 0 Å². The first-order valence-electron chi connectivity index (χ1n) is 20.6. The Labute approximate surface area is 347 Å². The van der Waals surface area contributed by atoms with E-state index < -0.39 is 5.41 Å². The van der Waals surface area contributed by atoms with Crippen LogP contribution in [0.1, 0.15) is 22.3 Å². The number of furan rings is 1. The lowest BCUT2D eigenvalue weighted by atomic mass is 9.66. The molecule has 0 N–H and O–H groups in total. The molecule has 3 nitrogen and oxygen atoms in total. The third-order valence-corrected chi connectivity index (χ3v) is 12.9. The Bertz CT molecular complexity index is 3490. The number of benzene rings is 10. The average Bonchev–Trinajstić information content (AvgIpc) is 3.84. The molecular formula is C57H35NO2. The molecular weight excluding hydrogens is 731 g/mol. The lowest BCUT2D eigenvalue weighted by Gasteiger charge is -2.39. The van der Waals surface area contributed by atoms with Crippen molar-refractivity contribution in [1.29, 1.82) is 0 Å². The van der Waals surface area contributed by atoms with Crippen LogP contribution in [-0.2, 0) is 5.41 Å². The summed E-state index contributed by atoms with van der Waals surface area (Å²) in [4.78, 5) is 2.39. The van der Waals surface area contributed by atoms with Crippen LogP contribution in [0.4, 0.5) is 17.1 Å². The van der Waals surface area contributed by atoms with Gasteiger partial charge in [0.2, 0.25) is 0 Å². The molecule has 60 heavy (non-hydrogen) atoms. The van der Waals surface area contributed by atoms with E-state index >= 15 is 0 Å². The third kappa shape index (κ3) is 4.54. The Kier molecular flexibility index (Phi) is 6.93. The Morgan fingerprint density at radius 2 is 0.983 bits per heavy atom. The summed E-state index contributed by atoms with van der Waals surface area (Å²) in [5, 5.41) is 6.89. The maximum atomic E-state index is 6.59. The van der Waals surface area contributed by atoms with Gasteiger partial charge in [-0.25, -0.2) is 0 Å². The highest BCUT2D eigenvalue weighted by Gasteiger charge is 2.51. The van der Waals surface area contributed by atoms with E-state index in [1.807, 2.05) is 0 Å². The molecule has 2 aliphatic rings. The first kappa shape index (κ1) is 33.1. The molecule has 0 bridgehead atoms. The van der Waals surface area contributed by atoms with Gasteiger partial charge < -0.3 is 14.1 Å². The van der Waals surface area contributed by atoms with E-state index in [9.17, 15) is 0 Å². The van der Waals surface area contributed by atoms with Crippen LogP contribution in [0, 0.1) is 0 Å². The Morgan fingerprint density at radius 1 is 0.383 bits per heavy atom. The molecule has 10 aromatic carbocycles. The highest BCUT2D eigenvalue weighted by Crippen LogP contribution is 2.63. The summed E-state index contributed by atoms with van der Waals surface area (Å²) in [7, 11) is 0. The van der Waals surface area contributed by atoms with Gasteiger partial charge in [-0.2, -0.15) is 0 Å². The minimum atomic E-state index is -0.513. The number of hydrogen-bond donors (Lipinski definition) is 0. The zero-order chi connectivity index (χ0) is 39.4. The highest BCUT2D eigenvalue weighted by molar-refractivity contribution is 6.16. The van der Waals surface area contributed by atoms with Crippen LogP contribution in [0.2, 0.25) is 0 Å². The van der Waals surface area contributed by atoms with Crippen molar-refractivity contribution < 1.29 is 9.15 Å². The smallest absolute Gasteiger partial charge is 0.143 e. The SMILES string of the molecule is c1ccc2c(c1)Oc1ccccc1C21c2ccccc2-c2c(-c3ccc(N(c4ccc5oc6c7ccccc7ccc6c5c4)c4cccc5ccccc45)cc3)cccc21. The van der Waals surface area contributed by atoms with Crippen LogP contribution in [0.3, 0.4) is 0 Å². The summed E-state index contributed by atoms with van der Waals surface area (Å²) in [6, 6.07) is 76.7. The van der Waals surface area contributed by atoms with Crippen LogP contribution in [-0.4, -0.2) is 0 Å². The van der Waals surface area contributed by atoms with E-state index in [2.05, 4.69) is 217 Å². The van der Waals surface area contributed by atoms with Gasteiger partial charge in [0.1, 0.15) is 22.7 Å². The van der Waals surface area contributed by atoms with Crippen molar-refractivity contribution in [3.63, 3.8) is 0 Å². The molecule has 0 radical (unpaired) electrons. The molecule has 0 atom stereocenters. The van der Waals surface area contributed by atoms with Crippen molar-refractivity contribution in [2.24, 2.45) is 0 Å². The van der Waals surface area contributed by atoms with Gasteiger partial charge in [-0.3, -0.25) is 0 Å². The quantitative estimate of drug-likeness (QED) is 0.178. The second-order valence-electron chi connectivity index (χ2n) is 15.9. The second-order valence-corrected chi connectivity index (χ2v) is 15.9. The number of nitrogens with zero attached hydrogens (tertiary/aromatic N) is 1. The molecule has 1 aliphatic heterocycles. The van der Waals surface area contributed by atoms with Crippen LogP contribution in [0.5, 0.6) is 11.5 Å². The van der Waals surface area contributed by atoms with Crippen molar-refractivity contribution >= 4 is 60.5 Å². The zero-order valence-electron chi connectivity index (χ0n) is 32.5. The second kappa shape index (κ2) is 12.6. The van der Waals surface area contributed by atoms with E-state index in [4.69, 9.17) is 9.15 Å². The minimum absolute atomic E-state index is 0.513. The summed E-state index contributed by atoms with van der Waals surface area (Å²) in [6.07, 6.45) is 0. The van der Waals surface area contributed by atoms with E-state index in [-0.39, 0.29) is 0 Å². The zero-order valence-corrected chi connectivity index (χ0v) is 32.5. The van der Waals surface area contributed by atoms with E-state index in [1.165, 1.54) is 55.1 Å². The topological polar surface area (TPSA) is 25.6 Å². The highest BCUT2D eigenvalue weighted by atomic mass is 16.5. The molecule has 3 heteroatoms. The monoisotopic (exact) mass is 765 g/mol. The molecule has 1 aromatic heterocycles. The summed E-state index contributed by atoms with van der Waals surface area (Å²) in [5.74, 6) is 1.80. The molecule has 0 unspecified atom stereocenters. The van der Waals surface area contributed by atoms with Gasteiger partial charge >= 0.3 is 0 Å². The van der Waals surface area contributed by atoms with Gasteiger partial charge in [-0.1, -0.05) is 158 Å². The predicted octanol–water partition coefficient (Wildman–Crippen LogP) is 15.5. The average molecular weight is 766 g/mol. The van der Waals surface area contributed by atoms with Crippen molar-refractivity contribution in [3.05, 3.63) is 235 Å². The first-order chi connectivity index (χ1) is 29.8. The number of para-hydroxylation sites is 2. The lowest BCUT2D eigenvalue weighted by Crippen LogP contribution is -2.32. The van der Waals surface area contributed by atoms with Gasteiger partial charge in [0.15, 0.2) is 0 Å². The Hall–Kier alpha value is -7.88. The van der Waals surface area contributed by atoms with Crippen molar-refractivity contribution in [3.8, 4) is 33.8 Å². The van der Waals surface area contributed by atoms with Crippen LogP contribution in [0.15, 0.2) is 217 Å². The standard InChI is InChI=1S/C57H35NO2/c1-3-16-41-36(13-1)15-11-24-51(41)58(40-32-34-52-46(35-40)44-33-29-37-14-2-4-17-43(37)56(44)60-52)39-30-27-38(28-31-39)42-19-12-23-50-55(42)45-18-5-6-20-47(45)57(50)48-21-7-9-25-53(48)59-54-26-10-8-22-49(54)57/h1-35H. The van der Waals surface area contributed by atoms with Gasteiger partial charge in [0.05, 0.1) is 11.1 Å². The molecule has 0 saturated carbocycles. The molecule has 0 fully saturated rings.